The second-order valence-corrected chi connectivity index (χ2v) is 5.77. The van der Waals surface area contributed by atoms with Crippen molar-refractivity contribution in [1.82, 2.24) is 19.8 Å². The molecule has 1 aliphatic heterocycles. The second kappa shape index (κ2) is 5.92. The summed E-state index contributed by atoms with van der Waals surface area (Å²) in [6.07, 6.45) is 5.81. The van der Waals surface area contributed by atoms with E-state index in [4.69, 9.17) is 4.52 Å². The number of rotatable bonds is 3. The molecule has 4 rings (SSSR count). The van der Waals surface area contributed by atoms with Crippen molar-refractivity contribution in [2.45, 2.75) is 19.5 Å². The summed E-state index contributed by atoms with van der Waals surface area (Å²) in [5.74, 6) is 0.576. The molecule has 0 saturated heterocycles. The Hall–Kier alpha value is -2.96. The highest BCUT2D eigenvalue weighted by molar-refractivity contribution is 5.76. The number of fused-ring (bicyclic) bond motifs is 1. The highest BCUT2D eigenvalue weighted by Crippen LogP contribution is 2.20. The van der Waals surface area contributed by atoms with Gasteiger partial charge in [0.2, 0.25) is 5.91 Å². The Kier molecular flexibility index (Phi) is 3.60. The Morgan fingerprint density at radius 1 is 1.21 bits per heavy atom. The van der Waals surface area contributed by atoms with E-state index in [0.29, 0.717) is 19.5 Å². The second-order valence-electron chi connectivity index (χ2n) is 5.77. The van der Waals surface area contributed by atoms with Gasteiger partial charge >= 0.3 is 0 Å². The molecule has 0 fully saturated rings. The Bertz CT molecular complexity index is 869. The molecule has 0 saturated carbocycles. The summed E-state index contributed by atoms with van der Waals surface area (Å²) >= 11 is 0. The standard InChI is InChI=1S/C17H15FN4O2/c18-15-3-1-12(2-4-15)13-7-19-22(10-13)11-17(23)21-6-5-16-14(9-21)8-20-24-16/h1-4,7-8,10H,5-6,9,11H2. The van der Waals surface area contributed by atoms with Gasteiger partial charge in [0.25, 0.3) is 0 Å². The molecule has 3 aromatic rings. The number of carbonyl (C=O) groups is 1. The van der Waals surface area contributed by atoms with Gasteiger partial charge in [-0.3, -0.25) is 9.48 Å². The average Bonchev–Trinajstić information content (AvgIpc) is 3.24. The molecule has 0 radical (unpaired) electrons. The van der Waals surface area contributed by atoms with Crippen LogP contribution in [0.15, 0.2) is 47.4 Å². The molecular weight excluding hydrogens is 311 g/mol. The first-order valence-electron chi connectivity index (χ1n) is 7.67. The zero-order valence-electron chi connectivity index (χ0n) is 12.9. The van der Waals surface area contributed by atoms with Gasteiger partial charge in [-0.15, -0.1) is 0 Å². The van der Waals surface area contributed by atoms with E-state index >= 15 is 0 Å². The molecule has 0 atom stereocenters. The normalized spacial score (nSPS) is 13.8. The Balaban J connectivity index is 1.44. The number of amides is 1. The van der Waals surface area contributed by atoms with Crippen LogP contribution in [0.4, 0.5) is 4.39 Å². The first-order chi connectivity index (χ1) is 11.7. The summed E-state index contributed by atoms with van der Waals surface area (Å²) in [7, 11) is 0. The molecule has 7 heteroatoms. The topological polar surface area (TPSA) is 64.2 Å². The molecule has 1 amide bonds. The molecule has 122 valence electrons. The van der Waals surface area contributed by atoms with Crippen LogP contribution < -0.4 is 0 Å². The van der Waals surface area contributed by atoms with Crippen LogP contribution in [0.25, 0.3) is 11.1 Å². The lowest BCUT2D eigenvalue weighted by Gasteiger charge is -2.25. The van der Waals surface area contributed by atoms with Crippen LogP contribution in [0.5, 0.6) is 0 Å². The van der Waals surface area contributed by atoms with E-state index in [1.807, 2.05) is 0 Å². The third-order valence-electron chi connectivity index (χ3n) is 4.16. The van der Waals surface area contributed by atoms with Crippen molar-refractivity contribution in [3.05, 3.63) is 60.0 Å². The Labute approximate surface area is 137 Å². The number of nitrogens with zero attached hydrogens (tertiary/aromatic N) is 4. The first-order valence-corrected chi connectivity index (χ1v) is 7.67. The van der Waals surface area contributed by atoms with Crippen LogP contribution in [0.2, 0.25) is 0 Å². The predicted molar refractivity (Wildman–Crippen MR) is 83.2 cm³/mol. The van der Waals surface area contributed by atoms with Gasteiger partial charge < -0.3 is 9.42 Å². The maximum Gasteiger partial charge on any atom is 0.244 e. The summed E-state index contributed by atoms with van der Waals surface area (Å²) in [6, 6.07) is 6.19. The van der Waals surface area contributed by atoms with E-state index in [-0.39, 0.29) is 18.3 Å². The number of benzene rings is 1. The van der Waals surface area contributed by atoms with Gasteiger partial charge in [0.15, 0.2) is 0 Å². The van der Waals surface area contributed by atoms with Crippen molar-refractivity contribution in [2.75, 3.05) is 6.54 Å². The molecule has 0 aliphatic carbocycles. The Morgan fingerprint density at radius 3 is 2.88 bits per heavy atom. The predicted octanol–water partition coefficient (Wildman–Crippen LogP) is 2.26. The Morgan fingerprint density at radius 2 is 2.04 bits per heavy atom. The molecule has 0 N–H and O–H groups in total. The number of aromatic nitrogens is 3. The van der Waals surface area contributed by atoms with Gasteiger partial charge in [0.05, 0.1) is 18.9 Å². The maximum absolute atomic E-state index is 13.0. The van der Waals surface area contributed by atoms with Gasteiger partial charge in [-0.05, 0) is 17.7 Å². The van der Waals surface area contributed by atoms with E-state index in [1.165, 1.54) is 12.1 Å². The van der Waals surface area contributed by atoms with Crippen molar-refractivity contribution < 1.29 is 13.7 Å². The highest BCUT2D eigenvalue weighted by Gasteiger charge is 2.23. The first kappa shape index (κ1) is 14.6. The molecule has 2 aromatic heterocycles. The SMILES string of the molecule is O=C(Cn1cc(-c2ccc(F)cc2)cn1)N1CCc2oncc2C1. The van der Waals surface area contributed by atoms with Crippen molar-refractivity contribution in [2.24, 2.45) is 0 Å². The molecule has 0 unspecified atom stereocenters. The van der Waals surface area contributed by atoms with Crippen LogP contribution in [0.3, 0.4) is 0 Å². The minimum absolute atomic E-state index is 0.00407. The van der Waals surface area contributed by atoms with Gasteiger partial charge in [0.1, 0.15) is 18.1 Å². The van der Waals surface area contributed by atoms with Crippen molar-refractivity contribution in [1.29, 1.82) is 0 Å². The number of hydrogen-bond donors (Lipinski definition) is 0. The largest absolute Gasteiger partial charge is 0.361 e. The molecule has 3 heterocycles. The summed E-state index contributed by atoms with van der Waals surface area (Å²) in [6.45, 7) is 1.30. The van der Waals surface area contributed by atoms with E-state index in [1.54, 1.807) is 40.3 Å². The fourth-order valence-electron chi connectivity index (χ4n) is 2.83. The van der Waals surface area contributed by atoms with Gasteiger partial charge in [-0.25, -0.2) is 4.39 Å². The lowest BCUT2D eigenvalue weighted by molar-refractivity contribution is -0.133. The molecular formula is C17H15FN4O2. The number of halogens is 1. The lowest BCUT2D eigenvalue weighted by Crippen LogP contribution is -2.37. The van der Waals surface area contributed by atoms with E-state index in [9.17, 15) is 9.18 Å². The fourth-order valence-corrected chi connectivity index (χ4v) is 2.83. The van der Waals surface area contributed by atoms with E-state index in [2.05, 4.69) is 10.3 Å². The van der Waals surface area contributed by atoms with Crippen LogP contribution in [-0.2, 0) is 24.3 Å². The van der Waals surface area contributed by atoms with Crippen LogP contribution in [0, 0.1) is 5.82 Å². The zero-order valence-corrected chi connectivity index (χ0v) is 12.9. The van der Waals surface area contributed by atoms with Crippen LogP contribution in [0.1, 0.15) is 11.3 Å². The van der Waals surface area contributed by atoms with Crippen LogP contribution in [-0.4, -0.2) is 32.3 Å². The number of carbonyl (C=O) groups excluding carboxylic acids is 1. The average molecular weight is 326 g/mol. The fraction of sp³-hybridized carbons (Fsp3) is 0.235. The molecule has 1 aliphatic rings. The monoisotopic (exact) mass is 326 g/mol. The number of hydrogen-bond acceptors (Lipinski definition) is 4. The lowest BCUT2D eigenvalue weighted by atomic mass is 10.1. The van der Waals surface area contributed by atoms with Crippen molar-refractivity contribution in [3.8, 4) is 11.1 Å². The third kappa shape index (κ3) is 2.80. The summed E-state index contributed by atoms with van der Waals surface area (Å²) in [5, 5.41) is 8.00. The molecule has 24 heavy (non-hydrogen) atoms. The molecule has 6 nitrogen and oxygen atoms in total. The minimum Gasteiger partial charge on any atom is -0.361 e. The highest BCUT2D eigenvalue weighted by atomic mass is 19.1. The summed E-state index contributed by atoms with van der Waals surface area (Å²) in [5.41, 5.74) is 2.67. The van der Waals surface area contributed by atoms with E-state index < -0.39 is 0 Å². The third-order valence-corrected chi connectivity index (χ3v) is 4.16. The van der Waals surface area contributed by atoms with E-state index in [0.717, 1.165) is 22.5 Å². The van der Waals surface area contributed by atoms with Crippen LogP contribution >= 0.6 is 0 Å². The van der Waals surface area contributed by atoms with Gasteiger partial charge in [-0.2, -0.15) is 5.10 Å². The summed E-state index contributed by atoms with van der Waals surface area (Å²) < 4.78 is 19.7. The minimum atomic E-state index is -0.278. The molecule has 0 spiro atoms. The molecule has 0 bridgehead atoms. The smallest absolute Gasteiger partial charge is 0.244 e. The van der Waals surface area contributed by atoms with Crippen molar-refractivity contribution >= 4 is 5.91 Å². The van der Waals surface area contributed by atoms with Gasteiger partial charge in [0, 0.05) is 30.3 Å². The molecule has 1 aromatic carbocycles. The van der Waals surface area contributed by atoms with Crippen molar-refractivity contribution in [3.63, 3.8) is 0 Å². The zero-order chi connectivity index (χ0) is 16.5. The maximum atomic E-state index is 13.0. The summed E-state index contributed by atoms with van der Waals surface area (Å²) in [4.78, 5) is 14.2. The van der Waals surface area contributed by atoms with Gasteiger partial charge in [-0.1, -0.05) is 17.3 Å². The quantitative estimate of drug-likeness (QED) is 0.740.